The molecule has 0 radical (unpaired) electrons. The van der Waals surface area contributed by atoms with E-state index < -0.39 is 0 Å². The third-order valence-corrected chi connectivity index (χ3v) is 8.30. The number of alkyl halides is 2. The largest absolute Gasteiger partial charge is 0.369 e. The van der Waals surface area contributed by atoms with E-state index >= 15 is 0 Å². The van der Waals surface area contributed by atoms with Gasteiger partial charge < -0.3 is 10.6 Å². The molecule has 0 bridgehead atoms. The second-order valence-electron chi connectivity index (χ2n) is 11.5. The molecular weight excluding hydrogens is 670 g/mol. The number of nitriles is 2. The van der Waals surface area contributed by atoms with E-state index in [1.54, 1.807) is 0 Å². The molecule has 0 aromatic heterocycles. The van der Waals surface area contributed by atoms with Gasteiger partial charge in [-0.15, -0.1) is 0 Å². The van der Waals surface area contributed by atoms with Crippen LogP contribution in [0.3, 0.4) is 0 Å². The van der Waals surface area contributed by atoms with Crippen LogP contribution in [0.1, 0.15) is 143 Å². The van der Waals surface area contributed by atoms with Crippen LogP contribution in [0.4, 0.5) is 0 Å². The number of unbranched alkanes of at least 4 members (excludes halogenated alkanes) is 14. The molecule has 0 fully saturated rings. The van der Waals surface area contributed by atoms with E-state index in [4.69, 9.17) is 0 Å². The van der Waals surface area contributed by atoms with Crippen molar-refractivity contribution in [1.29, 1.82) is 10.5 Å². The first-order valence-electron chi connectivity index (χ1n) is 14.4. The molecule has 0 atom stereocenters. The molecule has 0 aliphatic heterocycles. The van der Waals surface area contributed by atoms with E-state index in [1.165, 1.54) is 98.7 Å². The minimum atomic E-state index is -0.212. The Hall–Kier alpha value is -0.220. The van der Waals surface area contributed by atoms with Crippen LogP contribution in [0.25, 0.3) is 0 Å². The monoisotopic (exact) mass is 724 g/mol. The van der Waals surface area contributed by atoms with Gasteiger partial charge in [0, 0.05) is 11.1 Å². The Morgan fingerprint density at radius 2 is 0.750 bits per heavy atom. The lowest BCUT2D eigenvalue weighted by molar-refractivity contribution is 0.364. The number of nitrogens with zero attached hydrogens (tertiary/aromatic N) is 2. The molecule has 208 valence electrons. The molecule has 0 saturated carbocycles. The summed E-state index contributed by atoms with van der Waals surface area (Å²) in [6, 6.07) is 4.51. The van der Waals surface area contributed by atoms with Gasteiger partial charge in [-0.05, 0) is 62.2 Å². The molecule has 36 heavy (non-hydrogen) atoms. The highest BCUT2D eigenvalue weighted by Gasteiger charge is 2.24. The van der Waals surface area contributed by atoms with Crippen molar-refractivity contribution in [3.63, 3.8) is 0 Å². The minimum absolute atomic E-state index is 0.212. The Morgan fingerprint density at radius 3 is 1.00 bits per heavy atom. The van der Waals surface area contributed by atoms with Crippen molar-refractivity contribution < 1.29 is 0 Å². The molecule has 0 unspecified atom stereocenters. The van der Waals surface area contributed by atoms with E-state index in [-0.39, 0.29) is 11.1 Å². The van der Waals surface area contributed by atoms with Crippen molar-refractivity contribution in [2.75, 3.05) is 8.86 Å². The Balaban J connectivity index is 4.44. The summed E-state index contributed by atoms with van der Waals surface area (Å²) in [6.07, 6.45) is 22.9. The standard InChI is InChI=1S/C30H54I2N4/c1-29(2,21-17-13-9-5-7-11-15-19-23-31)35-27(25-33)28(26-34)36-30(3,4)22-18-14-10-6-8-12-16-20-24-32/h35-36H,5-24H2,1-4H3/b28-27-. The third-order valence-electron chi connectivity index (χ3n) is 6.77. The summed E-state index contributed by atoms with van der Waals surface area (Å²) < 4.78 is 2.55. The average Bonchev–Trinajstić information content (AvgIpc) is 2.84. The fourth-order valence-corrected chi connectivity index (χ4v) is 5.62. The van der Waals surface area contributed by atoms with Gasteiger partial charge in [-0.1, -0.05) is 135 Å². The number of hydrogen-bond acceptors (Lipinski definition) is 4. The Labute approximate surface area is 251 Å². The molecule has 4 nitrogen and oxygen atoms in total. The second kappa shape index (κ2) is 22.7. The summed E-state index contributed by atoms with van der Waals surface area (Å²) in [5, 5.41) is 26.4. The van der Waals surface area contributed by atoms with E-state index in [0.29, 0.717) is 11.4 Å². The van der Waals surface area contributed by atoms with Crippen LogP contribution in [-0.4, -0.2) is 19.9 Å². The molecular formula is C30H54I2N4. The second-order valence-corrected chi connectivity index (χ2v) is 13.7. The molecule has 0 aliphatic rings. The van der Waals surface area contributed by atoms with Gasteiger partial charge in [0.05, 0.1) is 0 Å². The lowest BCUT2D eigenvalue weighted by Crippen LogP contribution is -2.43. The number of allylic oxidation sites excluding steroid dienone is 2. The van der Waals surface area contributed by atoms with Gasteiger partial charge in [0.2, 0.25) is 0 Å². The third kappa shape index (κ3) is 20.8. The summed E-state index contributed by atoms with van der Waals surface area (Å²) in [4.78, 5) is 0. The van der Waals surface area contributed by atoms with Gasteiger partial charge in [-0.25, -0.2) is 0 Å². The summed E-state index contributed by atoms with van der Waals surface area (Å²) in [7, 11) is 0. The van der Waals surface area contributed by atoms with E-state index in [1.807, 2.05) is 0 Å². The van der Waals surface area contributed by atoms with E-state index in [2.05, 4.69) is 95.6 Å². The zero-order valence-corrected chi connectivity index (χ0v) is 28.1. The van der Waals surface area contributed by atoms with Gasteiger partial charge in [0.1, 0.15) is 23.5 Å². The first kappa shape index (κ1) is 35.8. The molecule has 0 aliphatic carbocycles. The van der Waals surface area contributed by atoms with Gasteiger partial charge in [0.25, 0.3) is 0 Å². The summed E-state index contributed by atoms with van der Waals surface area (Å²) in [5.74, 6) is 0. The van der Waals surface area contributed by atoms with Crippen LogP contribution < -0.4 is 10.6 Å². The van der Waals surface area contributed by atoms with Crippen molar-refractivity contribution in [2.45, 2.75) is 154 Å². The SMILES string of the molecule is CC(C)(CCCCCCCCCCI)N/C(C#N)=C(/C#N)NC(C)(C)CCCCCCCCCCI. The van der Waals surface area contributed by atoms with Gasteiger partial charge in [-0.2, -0.15) is 10.5 Å². The first-order chi connectivity index (χ1) is 17.2. The Morgan fingerprint density at radius 1 is 0.500 bits per heavy atom. The number of hydrogen-bond donors (Lipinski definition) is 2. The summed E-state index contributed by atoms with van der Waals surface area (Å²) >= 11 is 4.92. The molecule has 0 heterocycles. The first-order valence-corrected chi connectivity index (χ1v) is 17.5. The smallest absolute Gasteiger partial charge is 0.148 e. The van der Waals surface area contributed by atoms with Crippen molar-refractivity contribution in [2.24, 2.45) is 0 Å². The number of halogens is 2. The fourth-order valence-electron chi connectivity index (χ4n) is 4.54. The van der Waals surface area contributed by atoms with Crippen LogP contribution in [0, 0.1) is 22.7 Å². The fraction of sp³-hybridized carbons (Fsp3) is 0.867. The molecule has 2 N–H and O–H groups in total. The quantitative estimate of drug-likeness (QED) is 0.0450. The van der Waals surface area contributed by atoms with E-state index in [9.17, 15) is 10.5 Å². The van der Waals surface area contributed by atoms with Gasteiger partial charge in [-0.3, -0.25) is 0 Å². The summed E-state index contributed by atoms with van der Waals surface area (Å²) in [6.45, 7) is 8.54. The van der Waals surface area contributed by atoms with E-state index in [0.717, 1.165) is 25.7 Å². The van der Waals surface area contributed by atoms with Crippen molar-refractivity contribution in [3.8, 4) is 12.1 Å². The predicted octanol–water partition coefficient (Wildman–Crippen LogP) is 9.87. The lowest BCUT2D eigenvalue weighted by atomic mass is 9.94. The maximum absolute atomic E-state index is 9.81. The highest BCUT2D eigenvalue weighted by molar-refractivity contribution is 14.1. The molecule has 0 aromatic rings. The highest BCUT2D eigenvalue weighted by atomic mass is 127. The molecule has 0 spiro atoms. The molecule has 0 aromatic carbocycles. The zero-order valence-electron chi connectivity index (χ0n) is 23.8. The van der Waals surface area contributed by atoms with Crippen LogP contribution in [0.15, 0.2) is 11.4 Å². The topological polar surface area (TPSA) is 71.6 Å². The molecule has 0 amide bonds. The Kier molecular flexibility index (Phi) is 22.6. The van der Waals surface area contributed by atoms with Crippen LogP contribution in [0.5, 0.6) is 0 Å². The van der Waals surface area contributed by atoms with Crippen LogP contribution in [-0.2, 0) is 0 Å². The molecule has 0 saturated heterocycles. The van der Waals surface area contributed by atoms with Crippen LogP contribution in [0.2, 0.25) is 0 Å². The van der Waals surface area contributed by atoms with Crippen LogP contribution >= 0.6 is 45.2 Å². The van der Waals surface area contributed by atoms with Crippen molar-refractivity contribution in [3.05, 3.63) is 11.4 Å². The Bertz CT molecular complexity index is 603. The lowest BCUT2D eigenvalue weighted by Gasteiger charge is -2.30. The normalized spacial score (nSPS) is 12.6. The number of rotatable bonds is 24. The molecule has 0 rings (SSSR count). The van der Waals surface area contributed by atoms with Crippen molar-refractivity contribution in [1.82, 2.24) is 10.6 Å². The zero-order chi connectivity index (χ0) is 27.1. The van der Waals surface area contributed by atoms with Crippen molar-refractivity contribution >= 4 is 45.2 Å². The molecule has 6 heteroatoms. The van der Waals surface area contributed by atoms with Gasteiger partial charge in [0.15, 0.2) is 0 Å². The number of nitrogens with one attached hydrogen (secondary N) is 2. The summed E-state index contributed by atoms with van der Waals surface area (Å²) in [5.41, 5.74) is 0.320. The average molecular weight is 725 g/mol. The highest BCUT2D eigenvalue weighted by Crippen LogP contribution is 2.21. The maximum Gasteiger partial charge on any atom is 0.148 e. The maximum atomic E-state index is 9.81. The van der Waals surface area contributed by atoms with Gasteiger partial charge >= 0.3 is 0 Å². The minimum Gasteiger partial charge on any atom is -0.369 e. The predicted molar refractivity (Wildman–Crippen MR) is 174 cm³/mol.